The molecule has 2 rings (SSSR count). The number of benzene rings is 2. The van der Waals surface area contributed by atoms with Crippen molar-refractivity contribution in [1.29, 1.82) is 0 Å². The molecule has 0 unspecified atom stereocenters. The van der Waals surface area contributed by atoms with Crippen LogP contribution in [0.15, 0.2) is 60.7 Å². The van der Waals surface area contributed by atoms with Crippen molar-refractivity contribution < 1.29 is 14.7 Å². The lowest BCUT2D eigenvalue weighted by Crippen LogP contribution is -2.14. The van der Waals surface area contributed by atoms with Crippen LogP contribution in [0.5, 0.6) is 0 Å². The monoisotopic (exact) mass is 268 g/mol. The molecule has 0 aliphatic carbocycles. The third-order valence-electron chi connectivity index (χ3n) is 3.30. The highest BCUT2D eigenvalue weighted by atomic mass is 16.4. The first-order chi connectivity index (χ1) is 9.68. The molecule has 2 aromatic carbocycles. The Kier molecular flexibility index (Phi) is 4.66. The lowest BCUT2D eigenvalue weighted by molar-refractivity contribution is -0.149. The fraction of sp³-hybridized carbons (Fsp3) is 0.176. The highest BCUT2D eigenvalue weighted by molar-refractivity contribution is 6.32. The zero-order valence-corrected chi connectivity index (χ0v) is 11.0. The van der Waals surface area contributed by atoms with Crippen molar-refractivity contribution >= 4 is 11.8 Å². The molecule has 0 atom stereocenters. The molecule has 0 aliphatic rings. The predicted octanol–water partition coefficient (Wildman–Crippen LogP) is 3.25. The average molecular weight is 268 g/mol. The smallest absolute Gasteiger partial charge is 0.372 e. The number of rotatable bonds is 6. The summed E-state index contributed by atoms with van der Waals surface area (Å²) in [6, 6.07) is 19.7. The highest BCUT2D eigenvalue weighted by Gasteiger charge is 2.18. The van der Waals surface area contributed by atoms with Gasteiger partial charge in [-0.1, -0.05) is 60.7 Å². The van der Waals surface area contributed by atoms with Crippen molar-refractivity contribution in [2.75, 3.05) is 0 Å². The van der Waals surface area contributed by atoms with E-state index >= 15 is 0 Å². The van der Waals surface area contributed by atoms with E-state index in [0.29, 0.717) is 6.42 Å². The maximum Gasteiger partial charge on any atom is 0.372 e. The maximum absolute atomic E-state index is 11.3. The summed E-state index contributed by atoms with van der Waals surface area (Å²) >= 11 is 0. The molecule has 1 N–H and O–H groups in total. The van der Waals surface area contributed by atoms with Gasteiger partial charge in [-0.2, -0.15) is 0 Å². The van der Waals surface area contributed by atoms with E-state index in [2.05, 4.69) is 0 Å². The Morgan fingerprint density at radius 1 is 0.850 bits per heavy atom. The Morgan fingerprint density at radius 2 is 1.30 bits per heavy atom. The number of carbonyl (C=O) groups is 2. The number of aliphatic carboxylic acids is 1. The van der Waals surface area contributed by atoms with Gasteiger partial charge in [0.15, 0.2) is 0 Å². The second-order valence-electron chi connectivity index (χ2n) is 4.64. The number of carboxylic acids is 1. The predicted molar refractivity (Wildman–Crippen MR) is 76.6 cm³/mol. The van der Waals surface area contributed by atoms with Gasteiger partial charge in [0.25, 0.3) is 0 Å². The number of hydrogen-bond acceptors (Lipinski definition) is 2. The van der Waals surface area contributed by atoms with Crippen LogP contribution in [-0.4, -0.2) is 16.9 Å². The van der Waals surface area contributed by atoms with Gasteiger partial charge >= 0.3 is 5.97 Å². The lowest BCUT2D eigenvalue weighted by Gasteiger charge is -2.17. The van der Waals surface area contributed by atoms with Crippen LogP contribution >= 0.6 is 0 Å². The Hall–Kier alpha value is -2.42. The van der Waals surface area contributed by atoms with Crippen molar-refractivity contribution in [3.63, 3.8) is 0 Å². The minimum absolute atomic E-state index is 0.0423. The van der Waals surface area contributed by atoms with Crippen LogP contribution in [0.4, 0.5) is 0 Å². The summed E-state index contributed by atoms with van der Waals surface area (Å²) in [6.45, 7) is 0. The van der Waals surface area contributed by atoms with Gasteiger partial charge in [0.05, 0.1) is 0 Å². The molecule has 3 heteroatoms. The second kappa shape index (κ2) is 6.66. The minimum atomic E-state index is -1.36. The summed E-state index contributed by atoms with van der Waals surface area (Å²) in [5.41, 5.74) is 2.19. The molecular formula is C17H16O3. The molecule has 0 bridgehead atoms. The van der Waals surface area contributed by atoms with Crippen LogP contribution in [0.25, 0.3) is 0 Å². The van der Waals surface area contributed by atoms with E-state index in [4.69, 9.17) is 5.11 Å². The zero-order valence-electron chi connectivity index (χ0n) is 11.0. The van der Waals surface area contributed by atoms with Crippen LogP contribution < -0.4 is 0 Å². The van der Waals surface area contributed by atoms with E-state index in [1.807, 2.05) is 60.7 Å². The van der Waals surface area contributed by atoms with E-state index in [9.17, 15) is 9.59 Å². The van der Waals surface area contributed by atoms with E-state index in [1.165, 1.54) is 0 Å². The summed E-state index contributed by atoms with van der Waals surface area (Å²) in [7, 11) is 0. The summed E-state index contributed by atoms with van der Waals surface area (Å²) in [5, 5.41) is 8.69. The van der Waals surface area contributed by atoms with Gasteiger partial charge in [-0.15, -0.1) is 0 Å². The van der Waals surface area contributed by atoms with Gasteiger partial charge in [0.1, 0.15) is 0 Å². The molecule has 0 amide bonds. The topological polar surface area (TPSA) is 54.4 Å². The number of Topliss-reactive ketones (excluding diaryl/α,β-unsaturated/α-hetero) is 1. The molecule has 0 saturated carbocycles. The van der Waals surface area contributed by atoms with E-state index in [1.54, 1.807) is 0 Å². The molecule has 0 heterocycles. The SMILES string of the molecule is O=C(O)C(=O)CCC(c1ccccc1)c1ccccc1. The highest BCUT2D eigenvalue weighted by Crippen LogP contribution is 2.29. The molecule has 2 aromatic rings. The van der Waals surface area contributed by atoms with Gasteiger partial charge in [-0.25, -0.2) is 4.79 Å². The summed E-state index contributed by atoms with van der Waals surface area (Å²) in [5.74, 6) is -2.05. The van der Waals surface area contributed by atoms with Crippen LogP contribution in [0.3, 0.4) is 0 Å². The van der Waals surface area contributed by atoms with Crippen LogP contribution in [0.1, 0.15) is 29.9 Å². The standard InChI is InChI=1S/C17H16O3/c18-16(17(19)20)12-11-15(13-7-3-1-4-8-13)14-9-5-2-6-10-14/h1-10,15H,11-12H2,(H,19,20). The van der Waals surface area contributed by atoms with Crippen LogP contribution in [0, 0.1) is 0 Å². The molecule has 102 valence electrons. The normalized spacial score (nSPS) is 10.4. The largest absolute Gasteiger partial charge is 0.476 e. The Balaban J connectivity index is 2.22. The quantitative estimate of drug-likeness (QED) is 0.818. The van der Waals surface area contributed by atoms with Gasteiger partial charge in [-0.05, 0) is 17.5 Å². The maximum atomic E-state index is 11.3. The first-order valence-corrected chi connectivity index (χ1v) is 6.54. The third kappa shape index (κ3) is 3.54. The van der Waals surface area contributed by atoms with E-state index < -0.39 is 11.8 Å². The third-order valence-corrected chi connectivity index (χ3v) is 3.30. The molecule has 3 nitrogen and oxygen atoms in total. The van der Waals surface area contributed by atoms with Crippen molar-refractivity contribution in [3.8, 4) is 0 Å². The van der Waals surface area contributed by atoms with Crippen molar-refractivity contribution in [3.05, 3.63) is 71.8 Å². The summed E-state index contributed by atoms with van der Waals surface area (Å²) in [6.07, 6.45) is 0.545. The molecule has 20 heavy (non-hydrogen) atoms. The van der Waals surface area contributed by atoms with Gasteiger partial charge < -0.3 is 5.11 Å². The van der Waals surface area contributed by atoms with Crippen molar-refractivity contribution in [2.45, 2.75) is 18.8 Å². The Bertz CT molecular complexity index is 536. The number of ketones is 1. The van der Waals surface area contributed by atoms with Gasteiger partial charge in [0.2, 0.25) is 5.78 Å². The first-order valence-electron chi connectivity index (χ1n) is 6.54. The van der Waals surface area contributed by atoms with Gasteiger partial charge in [-0.3, -0.25) is 4.79 Å². The number of carboxylic acid groups (broad SMARTS) is 1. The summed E-state index contributed by atoms with van der Waals surface area (Å²) in [4.78, 5) is 21.9. The number of hydrogen-bond donors (Lipinski definition) is 1. The molecule has 0 spiro atoms. The molecule has 0 aliphatic heterocycles. The molecule has 0 radical (unpaired) electrons. The lowest BCUT2D eigenvalue weighted by atomic mass is 9.87. The molecule has 0 aromatic heterocycles. The first kappa shape index (κ1) is 14.0. The second-order valence-corrected chi connectivity index (χ2v) is 4.64. The molecule has 0 saturated heterocycles. The average Bonchev–Trinajstić information content (AvgIpc) is 2.49. The van der Waals surface area contributed by atoms with E-state index in [0.717, 1.165) is 11.1 Å². The summed E-state index contributed by atoms with van der Waals surface area (Å²) < 4.78 is 0. The van der Waals surface area contributed by atoms with Crippen molar-refractivity contribution in [2.24, 2.45) is 0 Å². The Morgan fingerprint density at radius 3 is 1.70 bits per heavy atom. The molecule has 0 fully saturated rings. The van der Waals surface area contributed by atoms with Gasteiger partial charge in [0, 0.05) is 12.3 Å². The fourth-order valence-electron chi connectivity index (χ4n) is 2.28. The zero-order chi connectivity index (χ0) is 14.4. The number of carbonyl (C=O) groups excluding carboxylic acids is 1. The van der Waals surface area contributed by atoms with E-state index in [-0.39, 0.29) is 12.3 Å². The molecular weight excluding hydrogens is 252 g/mol. The van der Waals surface area contributed by atoms with Crippen LogP contribution in [0.2, 0.25) is 0 Å². The Labute approximate surface area is 117 Å². The minimum Gasteiger partial charge on any atom is -0.476 e. The van der Waals surface area contributed by atoms with Crippen LogP contribution in [-0.2, 0) is 9.59 Å². The fourth-order valence-corrected chi connectivity index (χ4v) is 2.28. The van der Waals surface area contributed by atoms with Crippen molar-refractivity contribution in [1.82, 2.24) is 0 Å².